The Morgan fingerprint density at radius 2 is 1.68 bits per heavy atom. The van der Waals surface area contributed by atoms with E-state index >= 15 is 0 Å². The number of anilines is 1. The van der Waals surface area contributed by atoms with Gasteiger partial charge in [-0.2, -0.15) is 4.98 Å². The second-order valence-corrected chi connectivity index (χ2v) is 9.40. The van der Waals surface area contributed by atoms with Crippen LogP contribution in [0.5, 0.6) is 17.2 Å². The van der Waals surface area contributed by atoms with Crippen LogP contribution >= 0.6 is 0 Å². The van der Waals surface area contributed by atoms with Gasteiger partial charge in [0.15, 0.2) is 11.6 Å². The molecule has 34 heavy (non-hydrogen) atoms. The second-order valence-electron chi connectivity index (χ2n) is 9.40. The van der Waals surface area contributed by atoms with Gasteiger partial charge in [0.05, 0.1) is 21.3 Å². The van der Waals surface area contributed by atoms with Gasteiger partial charge in [-0.05, 0) is 54.3 Å². The van der Waals surface area contributed by atoms with Crippen molar-refractivity contribution < 1.29 is 19.0 Å². The molecule has 2 aliphatic rings. The first-order valence-corrected chi connectivity index (χ1v) is 11.2. The quantitative estimate of drug-likeness (QED) is 0.594. The van der Waals surface area contributed by atoms with Crippen molar-refractivity contribution in [3.8, 4) is 28.6 Å². The third-order valence-corrected chi connectivity index (χ3v) is 6.41. The summed E-state index contributed by atoms with van der Waals surface area (Å²) in [6, 6.07) is 12.7. The predicted molar refractivity (Wildman–Crippen MR) is 128 cm³/mol. The molecule has 1 aliphatic carbocycles. The van der Waals surface area contributed by atoms with Crippen LogP contribution in [0.3, 0.4) is 0 Å². The number of benzene rings is 2. The zero-order valence-electron chi connectivity index (χ0n) is 20.0. The molecule has 0 spiro atoms. The van der Waals surface area contributed by atoms with Crippen molar-refractivity contribution in [3.05, 3.63) is 59.3 Å². The third kappa shape index (κ3) is 3.69. The number of rotatable bonds is 5. The van der Waals surface area contributed by atoms with E-state index in [1.807, 2.05) is 42.5 Å². The van der Waals surface area contributed by atoms with Gasteiger partial charge in [-0.3, -0.25) is 4.79 Å². The molecule has 1 N–H and O–H groups in total. The Balaban J connectivity index is 1.70. The number of aromatic nitrogens is 3. The second kappa shape index (κ2) is 8.20. The number of methoxy groups -OCH3 is 3. The van der Waals surface area contributed by atoms with E-state index in [1.54, 1.807) is 26.0 Å². The highest BCUT2D eigenvalue weighted by Crippen LogP contribution is 2.47. The summed E-state index contributed by atoms with van der Waals surface area (Å²) in [5.74, 6) is 3.34. The molecule has 1 aliphatic heterocycles. The molecule has 1 atom stereocenters. The standard InChI is InChI=1S/C26H28N4O4/c1-26(2)13-19-22(20(31)14-26)23(18-12-17(33-4)10-11-21(18)34-5)30-25(27-19)28-24(29-30)15-6-8-16(32-3)9-7-15/h6-12,23H,13-14H2,1-5H3,(H,27,28,29)/t23-/m0/s1. The summed E-state index contributed by atoms with van der Waals surface area (Å²) < 4.78 is 18.3. The number of hydrogen-bond acceptors (Lipinski definition) is 7. The molecule has 0 amide bonds. The fraction of sp³-hybridized carbons (Fsp3) is 0.346. The van der Waals surface area contributed by atoms with Gasteiger partial charge in [0, 0.05) is 28.8 Å². The topological polar surface area (TPSA) is 87.5 Å². The van der Waals surface area contributed by atoms with Gasteiger partial charge in [-0.25, -0.2) is 4.68 Å². The molecule has 0 saturated heterocycles. The molecule has 0 saturated carbocycles. The Morgan fingerprint density at radius 3 is 2.35 bits per heavy atom. The first kappa shape index (κ1) is 22.0. The number of ketones is 1. The summed E-state index contributed by atoms with van der Waals surface area (Å²) in [7, 11) is 4.88. The number of ether oxygens (including phenoxy) is 3. The normalized spacial score (nSPS) is 18.6. The van der Waals surface area contributed by atoms with E-state index in [2.05, 4.69) is 19.2 Å². The number of fused-ring (bicyclic) bond motifs is 1. The van der Waals surface area contributed by atoms with Crippen molar-refractivity contribution in [2.75, 3.05) is 26.6 Å². The lowest BCUT2D eigenvalue weighted by molar-refractivity contribution is -0.118. The Kier molecular flexibility index (Phi) is 5.31. The molecule has 3 aromatic rings. The lowest BCUT2D eigenvalue weighted by atomic mass is 9.73. The number of hydrogen-bond donors (Lipinski definition) is 1. The number of allylic oxidation sites excluding steroid dienone is 2. The molecule has 0 unspecified atom stereocenters. The summed E-state index contributed by atoms with van der Waals surface area (Å²) in [6.45, 7) is 4.22. The van der Waals surface area contributed by atoms with Crippen molar-refractivity contribution in [2.45, 2.75) is 32.7 Å². The zero-order valence-corrected chi connectivity index (χ0v) is 20.0. The minimum Gasteiger partial charge on any atom is -0.497 e. The minimum atomic E-state index is -0.487. The van der Waals surface area contributed by atoms with E-state index in [-0.39, 0.29) is 11.2 Å². The van der Waals surface area contributed by atoms with Crippen LogP contribution in [0.4, 0.5) is 5.95 Å². The van der Waals surface area contributed by atoms with E-state index in [0.29, 0.717) is 35.3 Å². The first-order valence-electron chi connectivity index (χ1n) is 11.2. The van der Waals surface area contributed by atoms with Gasteiger partial charge in [-0.15, -0.1) is 5.10 Å². The summed E-state index contributed by atoms with van der Waals surface area (Å²) in [5.41, 5.74) is 3.09. The molecule has 5 rings (SSSR count). The summed E-state index contributed by atoms with van der Waals surface area (Å²) in [6.07, 6.45) is 1.20. The number of nitrogens with one attached hydrogen (secondary N) is 1. The molecule has 0 bridgehead atoms. The summed E-state index contributed by atoms with van der Waals surface area (Å²) in [5, 5.41) is 8.26. The lowest BCUT2D eigenvalue weighted by Crippen LogP contribution is -2.36. The molecule has 2 aromatic carbocycles. The van der Waals surface area contributed by atoms with Crippen LogP contribution in [-0.2, 0) is 4.79 Å². The predicted octanol–water partition coefficient (Wildman–Crippen LogP) is 4.63. The SMILES string of the molecule is COc1ccc(-c2nc3n(n2)[C@@H](c2cc(OC)ccc2OC)C2=C(CC(C)(C)CC2=O)N3)cc1. The van der Waals surface area contributed by atoms with E-state index < -0.39 is 6.04 Å². The Bertz CT molecular complexity index is 1290. The Hall–Kier alpha value is -3.81. The minimum absolute atomic E-state index is 0.0979. The van der Waals surface area contributed by atoms with Gasteiger partial charge < -0.3 is 19.5 Å². The maximum Gasteiger partial charge on any atom is 0.226 e. The monoisotopic (exact) mass is 460 g/mol. The first-order chi connectivity index (χ1) is 16.3. The van der Waals surface area contributed by atoms with Crippen LogP contribution in [0.15, 0.2) is 53.7 Å². The maximum absolute atomic E-state index is 13.5. The molecular weight excluding hydrogens is 432 g/mol. The Labute approximate surface area is 198 Å². The van der Waals surface area contributed by atoms with Gasteiger partial charge in [0.2, 0.25) is 5.95 Å². The third-order valence-electron chi connectivity index (χ3n) is 6.41. The molecule has 0 radical (unpaired) electrons. The highest BCUT2D eigenvalue weighted by molar-refractivity contribution is 6.00. The molecule has 2 heterocycles. The highest BCUT2D eigenvalue weighted by Gasteiger charge is 2.42. The van der Waals surface area contributed by atoms with Crippen molar-refractivity contribution >= 4 is 11.7 Å². The van der Waals surface area contributed by atoms with Crippen LogP contribution in [0.1, 0.15) is 38.3 Å². The van der Waals surface area contributed by atoms with Crippen LogP contribution in [-0.4, -0.2) is 41.9 Å². The molecule has 176 valence electrons. The van der Waals surface area contributed by atoms with Crippen molar-refractivity contribution in [3.63, 3.8) is 0 Å². The lowest BCUT2D eigenvalue weighted by Gasteiger charge is -2.38. The fourth-order valence-corrected chi connectivity index (χ4v) is 4.81. The van der Waals surface area contributed by atoms with E-state index in [0.717, 1.165) is 29.0 Å². The average Bonchev–Trinajstić information content (AvgIpc) is 3.25. The molecular formula is C26H28N4O4. The van der Waals surface area contributed by atoms with Crippen molar-refractivity contribution in [2.24, 2.45) is 5.41 Å². The van der Waals surface area contributed by atoms with Crippen molar-refractivity contribution in [1.29, 1.82) is 0 Å². The van der Waals surface area contributed by atoms with Crippen LogP contribution in [0, 0.1) is 5.41 Å². The zero-order chi connectivity index (χ0) is 24.0. The molecule has 1 aromatic heterocycles. The smallest absolute Gasteiger partial charge is 0.226 e. The Morgan fingerprint density at radius 1 is 0.971 bits per heavy atom. The number of Topliss-reactive ketones (excluding diaryl/α,β-unsaturated/α-hetero) is 1. The van der Waals surface area contributed by atoms with Crippen LogP contribution < -0.4 is 19.5 Å². The number of carbonyl (C=O) groups is 1. The van der Waals surface area contributed by atoms with Crippen LogP contribution in [0.2, 0.25) is 0 Å². The van der Waals surface area contributed by atoms with E-state index in [9.17, 15) is 4.79 Å². The van der Waals surface area contributed by atoms with Gasteiger partial charge in [0.1, 0.15) is 23.3 Å². The summed E-state index contributed by atoms with van der Waals surface area (Å²) in [4.78, 5) is 18.3. The average molecular weight is 461 g/mol. The molecule has 0 fully saturated rings. The maximum atomic E-state index is 13.5. The van der Waals surface area contributed by atoms with Crippen LogP contribution in [0.25, 0.3) is 11.4 Å². The summed E-state index contributed by atoms with van der Waals surface area (Å²) >= 11 is 0. The van der Waals surface area contributed by atoms with Gasteiger partial charge in [-0.1, -0.05) is 13.8 Å². The molecule has 8 heteroatoms. The number of nitrogens with zero attached hydrogens (tertiary/aromatic N) is 3. The van der Waals surface area contributed by atoms with Gasteiger partial charge in [0.25, 0.3) is 0 Å². The highest BCUT2D eigenvalue weighted by atomic mass is 16.5. The van der Waals surface area contributed by atoms with E-state index in [1.165, 1.54) is 0 Å². The fourth-order valence-electron chi connectivity index (χ4n) is 4.81. The molecule has 8 nitrogen and oxygen atoms in total. The number of carbonyl (C=O) groups excluding carboxylic acids is 1. The largest absolute Gasteiger partial charge is 0.497 e. The van der Waals surface area contributed by atoms with Crippen molar-refractivity contribution in [1.82, 2.24) is 14.8 Å². The van der Waals surface area contributed by atoms with E-state index in [4.69, 9.17) is 24.3 Å². The van der Waals surface area contributed by atoms with Gasteiger partial charge >= 0.3 is 0 Å².